The average molecular weight is 460 g/mol. The van der Waals surface area contributed by atoms with Gasteiger partial charge >= 0.3 is 0 Å². The Balaban J connectivity index is 1.86. The highest BCUT2D eigenvalue weighted by Gasteiger charge is 2.34. The third-order valence-corrected chi connectivity index (χ3v) is 8.21. The first-order valence-electron chi connectivity index (χ1n) is 10.8. The number of anilines is 1. The SMILES string of the molecule is CCCCCS(=O)(=O)N1CC[C@H](N(Cc2ccccc2C)c2ccc(C#N)c(Cl)c2)C1. The molecule has 1 fully saturated rings. The van der Waals surface area contributed by atoms with E-state index in [1.54, 1.807) is 10.4 Å². The molecule has 1 saturated heterocycles. The smallest absolute Gasteiger partial charge is 0.214 e. The minimum Gasteiger partial charge on any atom is -0.363 e. The number of aryl methyl sites for hydroxylation is 1. The van der Waals surface area contributed by atoms with Gasteiger partial charge in [-0.05, 0) is 49.1 Å². The molecule has 0 N–H and O–H groups in total. The number of nitrogens with zero attached hydrogens (tertiary/aromatic N) is 3. The largest absolute Gasteiger partial charge is 0.363 e. The Bertz CT molecular complexity index is 1050. The lowest BCUT2D eigenvalue weighted by molar-refractivity contribution is 0.466. The number of hydrogen-bond acceptors (Lipinski definition) is 4. The van der Waals surface area contributed by atoms with Crippen LogP contribution in [-0.4, -0.2) is 37.6 Å². The molecule has 1 heterocycles. The Labute approximate surface area is 191 Å². The third kappa shape index (κ3) is 5.79. The molecule has 0 unspecified atom stereocenters. The fourth-order valence-electron chi connectivity index (χ4n) is 4.06. The van der Waals surface area contributed by atoms with E-state index in [0.29, 0.717) is 36.6 Å². The van der Waals surface area contributed by atoms with Crippen LogP contribution in [0.1, 0.15) is 49.3 Å². The van der Waals surface area contributed by atoms with Crippen molar-refractivity contribution in [1.29, 1.82) is 5.26 Å². The van der Waals surface area contributed by atoms with Crippen LogP contribution < -0.4 is 4.90 Å². The number of halogens is 1. The summed E-state index contributed by atoms with van der Waals surface area (Å²) < 4.78 is 27.3. The van der Waals surface area contributed by atoms with Gasteiger partial charge in [-0.1, -0.05) is 55.6 Å². The number of unbranched alkanes of at least 4 members (excludes halogenated alkanes) is 2. The summed E-state index contributed by atoms with van der Waals surface area (Å²) in [6, 6.07) is 15.8. The fourth-order valence-corrected chi connectivity index (χ4v) is 5.88. The third-order valence-electron chi connectivity index (χ3n) is 5.97. The Morgan fingerprint density at radius 2 is 2.00 bits per heavy atom. The van der Waals surface area contributed by atoms with Crippen LogP contribution in [0.15, 0.2) is 42.5 Å². The molecule has 0 saturated carbocycles. The minimum atomic E-state index is -3.24. The Hall–Kier alpha value is -2.07. The Morgan fingerprint density at radius 1 is 1.23 bits per heavy atom. The molecule has 1 aliphatic rings. The summed E-state index contributed by atoms with van der Waals surface area (Å²) in [7, 11) is -3.24. The molecule has 1 atom stereocenters. The van der Waals surface area contributed by atoms with Crippen LogP contribution in [-0.2, 0) is 16.6 Å². The van der Waals surface area contributed by atoms with Crippen LogP contribution in [0.3, 0.4) is 0 Å². The number of rotatable bonds is 9. The summed E-state index contributed by atoms with van der Waals surface area (Å²) in [5, 5.41) is 9.64. The molecule has 1 aliphatic heterocycles. The van der Waals surface area contributed by atoms with Crippen LogP contribution in [0.5, 0.6) is 0 Å². The predicted molar refractivity (Wildman–Crippen MR) is 127 cm³/mol. The maximum absolute atomic E-state index is 12.8. The standard InChI is InChI=1S/C24H30ClN3O2S/c1-3-4-7-14-31(29,30)27-13-12-23(18-27)28(17-21-9-6-5-8-19(21)2)22-11-10-20(16-26)24(25)15-22/h5-6,8-11,15,23H,3-4,7,12-14,17-18H2,1-2H3/t23-/m0/s1. The van der Waals surface area contributed by atoms with Gasteiger partial charge in [-0.2, -0.15) is 9.57 Å². The summed E-state index contributed by atoms with van der Waals surface area (Å²) in [5.74, 6) is 0.216. The van der Waals surface area contributed by atoms with Crippen molar-refractivity contribution < 1.29 is 8.42 Å². The van der Waals surface area contributed by atoms with E-state index in [9.17, 15) is 13.7 Å². The normalized spacial score (nSPS) is 16.9. The Kier molecular flexibility index (Phi) is 7.99. The lowest BCUT2D eigenvalue weighted by atomic mass is 10.1. The molecule has 0 spiro atoms. The van der Waals surface area contributed by atoms with Gasteiger partial charge in [0, 0.05) is 31.4 Å². The van der Waals surface area contributed by atoms with Crippen molar-refractivity contribution in [1.82, 2.24) is 4.31 Å². The highest BCUT2D eigenvalue weighted by Crippen LogP contribution is 2.30. The summed E-state index contributed by atoms with van der Waals surface area (Å²) in [4.78, 5) is 2.23. The van der Waals surface area contributed by atoms with Crippen molar-refractivity contribution in [2.45, 2.75) is 52.1 Å². The van der Waals surface area contributed by atoms with Crippen LogP contribution in [0.4, 0.5) is 5.69 Å². The molecule has 0 aliphatic carbocycles. The van der Waals surface area contributed by atoms with Crippen molar-refractivity contribution in [3.63, 3.8) is 0 Å². The second-order valence-electron chi connectivity index (χ2n) is 8.15. The Morgan fingerprint density at radius 3 is 2.68 bits per heavy atom. The van der Waals surface area contributed by atoms with Gasteiger partial charge in [-0.15, -0.1) is 0 Å². The molecule has 7 heteroatoms. The average Bonchev–Trinajstić information content (AvgIpc) is 3.24. The first-order valence-corrected chi connectivity index (χ1v) is 12.8. The van der Waals surface area contributed by atoms with Crippen LogP contribution in [0.25, 0.3) is 0 Å². The molecule has 0 amide bonds. The zero-order valence-electron chi connectivity index (χ0n) is 18.2. The molecule has 166 valence electrons. The molecule has 2 aromatic carbocycles. The second kappa shape index (κ2) is 10.5. The zero-order valence-corrected chi connectivity index (χ0v) is 19.8. The fraction of sp³-hybridized carbons (Fsp3) is 0.458. The first-order chi connectivity index (χ1) is 14.9. The lowest BCUT2D eigenvalue weighted by Crippen LogP contribution is -2.39. The van der Waals surface area contributed by atoms with Gasteiger partial charge in [0.05, 0.1) is 16.3 Å². The first kappa shape index (κ1) is 23.6. The van der Waals surface area contributed by atoms with Gasteiger partial charge in [-0.3, -0.25) is 0 Å². The van der Waals surface area contributed by atoms with Crippen LogP contribution >= 0.6 is 11.6 Å². The number of nitriles is 1. The van der Waals surface area contributed by atoms with Gasteiger partial charge in [-0.25, -0.2) is 8.42 Å². The maximum Gasteiger partial charge on any atom is 0.214 e. The number of sulfonamides is 1. The molecule has 0 radical (unpaired) electrons. The van der Waals surface area contributed by atoms with E-state index in [1.807, 2.05) is 24.3 Å². The van der Waals surface area contributed by atoms with E-state index in [2.05, 4.69) is 36.9 Å². The summed E-state index contributed by atoms with van der Waals surface area (Å²) in [5.41, 5.74) is 3.72. The lowest BCUT2D eigenvalue weighted by Gasteiger charge is -2.32. The molecule has 5 nitrogen and oxygen atoms in total. The molecule has 2 aromatic rings. The second-order valence-corrected chi connectivity index (χ2v) is 10.6. The topological polar surface area (TPSA) is 64.4 Å². The van der Waals surface area contributed by atoms with Gasteiger partial charge in [0.15, 0.2) is 0 Å². The summed E-state index contributed by atoms with van der Waals surface area (Å²) in [6.45, 7) is 5.82. The van der Waals surface area contributed by atoms with E-state index in [-0.39, 0.29) is 11.8 Å². The van der Waals surface area contributed by atoms with E-state index in [4.69, 9.17) is 11.6 Å². The quantitative estimate of drug-likeness (QED) is 0.488. The van der Waals surface area contributed by atoms with Crippen molar-refractivity contribution in [2.24, 2.45) is 0 Å². The molecule has 3 rings (SSSR count). The van der Waals surface area contributed by atoms with E-state index < -0.39 is 10.0 Å². The minimum absolute atomic E-state index is 0.0459. The molecule has 0 aromatic heterocycles. The molecular formula is C24H30ClN3O2S. The summed E-state index contributed by atoms with van der Waals surface area (Å²) in [6.07, 6.45) is 3.40. The zero-order chi connectivity index (χ0) is 22.4. The van der Waals surface area contributed by atoms with Gasteiger partial charge in [0.25, 0.3) is 0 Å². The van der Waals surface area contributed by atoms with Crippen LogP contribution in [0.2, 0.25) is 5.02 Å². The maximum atomic E-state index is 12.8. The molecule has 31 heavy (non-hydrogen) atoms. The monoisotopic (exact) mass is 459 g/mol. The van der Waals surface area contributed by atoms with Crippen LogP contribution in [0, 0.1) is 18.3 Å². The molecular weight excluding hydrogens is 430 g/mol. The molecule has 0 bridgehead atoms. The highest BCUT2D eigenvalue weighted by atomic mass is 35.5. The van der Waals surface area contributed by atoms with Crippen molar-refractivity contribution in [3.05, 3.63) is 64.2 Å². The number of hydrogen-bond donors (Lipinski definition) is 0. The van der Waals surface area contributed by atoms with Crippen molar-refractivity contribution in [2.75, 3.05) is 23.7 Å². The predicted octanol–water partition coefficient (Wildman–Crippen LogP) is 5.12. The van der Waals surface area contributed by atoms with E-state index >= 15 is 0 Å². The van der Waals surface area contributed by atoms with Crippen molar-refractivity contribution in [3.8, 4) is 6.07 Å². The highest BCUT2D eigenvalue weighted by molar-refractivity contribution is 7.89. The van der Waals surface area contributed by atoms with E-state index in [1.165, 1.54) is 11.1 Å². The van der Waals surface area contributed by atoms with E-state index in [0.717, 1.165) is 24.9 Å². The van der Waals surface area contributed by atoms with Gasteiger partial charge < -0.3 is 4.90 Å². The number of benzene rings is 2. The van der Waals surface area contributed by atoms with Crippen molar-refractivity contribution >= 4 is 27.3 Å². The van der Waals surface area contributed by atoms with Gasteiger partial charge in [0.1, 0.15) is 6.07 Å². The van der Waals surface area contributed by atoms with Gasteiger partial charge in [0.2, 0.25) is 10.0 Å². The summed E-state index contributed by atoms with van der Waals surface area (Å²) >= 11 is 6.33.